The summed E-state index contributed by atoms with van der Waals surface area (Å²) in [4.78, 5) is 8.45. The first-order valence-electron chi connectivity index (χ1n) is 6.40. The predicted molar refractivity (Wildman–Crippen MR) is 77.3 cm³/mol. The number of benzene rings is 1. The van der Waals surface area contributed by atoms with Crippen molar-refractivity contribution < 1.29 is 8.78 Å². The van der Waals surface area contributed by atoms with Crippen molar-refractivity contribution in [2.75, 3.05) is 0 Å². The molecule has 6 heteroatoms. The van der Waals surface area contributed by atoms with E-state index >= 15 is 0 Å². The lowest BCUT2D eigenvalue weighted by Crippen LogP contribution is -2.06. The van der Waals surface area contributed by atoms with E-state index in [-0.39, 0.29) is 11.4 Å². The Balaban J connectivity index is 2.15. The molecular formula is C15H12ClF2N3. The molecule has 0 saturated carbocycles. The first-order chi connectivity index (χ1) is 10.1. The number of alkyl halides is 1. The molecule has 0 atom stereocenters. The van der Waals surface area contributed by atoms with Crippen LogP contribution in [-0.4, -0.2) is 14.5 Å². The zero-order valence-corrected chi connectivity index (χ0v) is 12.0. The first kappa shape index (κ1) is 13.9. The summed E-state index contributed by atoms with van der Waals surface area (Å²) in [7, 11) is 0. The van der Waals surface area contributed by atoms with Gasteiger partial charge < -0.3 is 4.57 Å². The number of fused-ring (bicyclic) bond motifs is 1. The summed E-state index contributed by atoms with van der Waals surface area (Å²) >= 11 is 5.87. The maximum absolute atomic E-state index is 14.1. The standard InChI is InChI=1S/C15H12ClF2N3/c1-9-2-3-10(7-19-9)8-21-13(6-16)20-12-5-4-11(17)14(18)15(12)21/h2-5,7H,6,8H2,1H3. The van der Waals surface area contributed by atoms with Crippen LogP contribution in [0.25, 0.3) is 11.0 Å². The van der Waals surface area contributed by atoms with E-state index < -0.39 is 11.6 Å². The fourth-order valence-corrected chi connectivity index (χ4v) is 2.46. The third-order valence-corrected chi connectivity index (χ3v) is 3.55. The lowest BCUT2D eigenvalue weighted by atomic mass is 10.2. The Labute approximate surface area is 125 Å². The van der Waals surface area contributed by atoms with E-state index in [1.807, 2.05) is 19.1 Å². The van der Waals surface area contributed by atoms with Gasteiger partial charge >= 0.3 is 0 Å². The second-order valence-corrected chi connectivity index (χ2v) is 5.05. The van der Waals surface area contributed by atoms with E-state index in [1.54, 1.807) is 10.8 Å². The van der Waals surface area contributed by atoms with Gasteiger partial charge in [-0.05, 0) is 30.7 Å². The average molecular weight is 308 g/mol. The second kappa shape index (κ2) is 5.41. The Hall–Kier alpha value is -2.01. The highest BCUT2D eigenvalue weighted by atomic mass is 35.5. The lowest BCUT2D eigenvalue weighted by molar-refractivity contribution is 0.512. The maximum Gasteiger partial charge on any atom is 0.184 e. The van der Waals surface area contributed by atoms with Crippen LogP contribution < -0.4 is 0 Å². The van der Waals surface area contributed by atoms with Gasteiger partial charge in [-0.3, -0.25) is 4.98 Å². The van der Waals surface area contributed by atoms with Crippen LogP contribution in [0.15, 0.2) is 30.5 Å². The van der Waals surface area contributed by atoms with Crippen LogP contribution in [0.1, 0.15) is 17.1 Å². The molecule has 0 unspecified atom stereocenters. The Morgan fingerprint density at radius 3 is 2.67 bits per heavy atom. The van der Waals surface area contributed by atoms with Crippen molar-refractivity contribution in [2.24, 2.45) is 0 Å². The zero-order valence-electron chi connectivity index (χ0n) is 11.3. The predicted octanol–water partition coefficient (Wildman–Crippen LogP) is 3.81. The summed E-state index contributed by atoms with van der Waals surface area (Å²) in [6.07, 6.45) is 1.70. The number of pyridine rings is 1. The molecule has 2 heterocycles. The van der Waals surface area contributed by atoms with Gasteiger partial charge in [-0.1, -0.05) is 6.07 Å². The van der Waals surface area contributed by atoms with Gasteiger partial charge in [0.05, 0.1) is 17.9 Å². The van der Waals surface area contributed by atoms with Gasteiger partial charge in [0.15, 0.2) is 11.6 Å². The van der Waals surface area contributed by atoms with E-state index in [4.69, 9.17) is 11.6 Å². The fourth-order valence-electron chi connectivity index (χ4n) is 2.25. The van der Waals surface area contributed by atoms with E-state index in [1.165, 1.54) is 6.07 Å². The summed E-state index contributed by atoms with van der Waals surface area (Å²) in [5, 5.41) is 0. The van der Waals surface area contributed by atoms with Gasteiger partial charge in [0.2, 0.25) is 0 Å². The summed E-state index contributed by atoms with van der Waals surface area (Å²) in [5.41, 5.74) is 2.29. The van der Waals surface area contributed by atoms with Crippen LogP contribution >= 0.6 is 11.6 Å². The summed E-state index contributed by atoms with van der Waals surface area (Å²) in [6, 6.07) is 6.28. The molecule has 1 aromatic carbocycles. The van der Waals surface area contributed by atoms with Crippen LogP contribution in [0.5, 0.6) is 0 Å². The van der Waals surface area contributed by atoms with Crippen molar-refractivity contribution in [1.82, 2.24) is 14.5 Å². The Kier molecular flexibility index (Phi) is 3.59. The van der Waals surface area contributed by atoms with Crippen LogP contribution in [0.4, 0.5) is 8.78 Å². The van der Waals surface area contributed by atoms with Crippen molar-refractivity contribution in [2.45, 2.75) is 19.3 Å². The van der Waals surface area contributed by atoms with E-state index in [2.05, 4.69) is 9.97 Å². The quantitative estimate of drug-likeness (QED) is 0.689. The molecule has 3 aromatic rings. The summed E-state index contributed by atoms with van der Waals surface area (Å²) in [5.74, 6) is -1.19. The maximum atomic E-state index is 14.1. The lowest BCUT2D eigenvalue weighted by Gasteiger charge is -2.08. The van der Waals surface area contributed by atoms with Crippen molar-refractivity contribution in [3.63, 3.8) is 0 Å². The number of aryl methyl sites for hydroxylation is 1. The monoisotopic (exact) mass is 307 g/mol. The molecule has 0 saturated heterocycles. The number of hydrogen-bond acceptors (Lipinski definition) is 2. The number of nitrogens with zero attached hydrogens (tertiary/aromatic N) is 3. The summed E-state index contributed by atoms with van der Waals surface area (Å²) < 4.78 is 29.1. The highest BCUT2D eigenvalue weighted by Gasteiger charge is 2.17. The first-order valence-corrected chi connectivity index (χ1v) is 6.94. The molecule has 108 valence electrons. The van der Waals surface area contributed by atoms with Crippen LogP contribution in [-0.2, 0) is 12.4 Å². The third kappa shape index (κ3) is 2.49. The molecule has 0 aliphatic heterocycles. The van der Waals surface area contributed by atoms with Crippen molar-refractivity contribution >= 4 is 22.6 Å². The Morgan fingerprint density at radius 1 is 1.19 bits per heavy atom. The van der Waals surface area contributed by atoms with Gasteiger partial charge in [0, 0.05) is 11.9 Å². The van der Waals surface area contributed by atoms with Gasteiger partial charge in [-0.25, -0.2) is 13.8 Å². The van der Waals surface area contributed by atoms with Crippen LogP contribution in [0.2, 0.25) is 0 Å². The van der Waals surface area contributed by atoms with Gasteiger partial charge in [-0.2, -0.15) is 0 Å². The molecule has 0 spiro atoms. The molecule has 3 nitrogen and oxygen atoms in total. The topological polar surface area (TPSA) is 30.7 Å². The number of rotatable bonds is 3. The highest BCUT2D eigenvalue weighted by molar-refractivity contribution is 6.16. The molecule has 2 aromatic heterocycles. The molecule has 21 heavy (non-hydrogen) atoms. The van der Waals surface area contributed by atoms with Gasteiger partial charge in [0.25, 0.3) is 0 Å². The van der Waals surface area contributed by atoms with Crippen LogP contribution in [0, 0.1) is 18.6 Å². The Morgan fingerprint density at radius 2 is 2.00 bits per heavy atom. The van der Waals surface area contributed by atoms with Crippen LogP contribution in [0.3, 0.4) is 0 Å². The number of hydrogen-bond donors (Lipinski definition) is 0. The third-order valence-electron chi connectivity index (χ3n) is 3.31. The van der Waals surface area contributed by atoms with E-state index in [0.717, 1.165) is 17.3 Å². The average Bonchev–Trinajstić information content (AvgIpc) is 2.84. The molecule has 3 rings (SSSR count). The van der Waals surface area contributed by atoms with Crippen molar-refractivity contribution in [1.29, 1.82) is 0 Å². The Bertz CT molecular complexity index is 797. The largest absolute Gasteiger partial charge is 0.320 e. The number of aromatic nitrogens is 3. The smallest absolute Gasteiger partial charge is 0.184 e. The van der Waals surface area contributed by atoms with E-state index in [9.17, 15) is 8.78 Å². The molecule has 0 radical (unpaired) electrons. The van der Waals surface area contributed by atoms with E-state index in [0.29, 0.717) is 17.9 Å². The zero-order chi connectivity index (χ0) is 15.0. The second-order valence-electron chi connectivity index (χ2n) is 4.78. The molecule has 0 bridgehead atoms. The fraction of sp³-hybridized carbons (Fsp3) is 0.200. The SMILES string of the molecule is Cc1ccc(Cn2c(CCl)nc3ccc(F)c(F)c32)cn1. The molecule has 0 amide bonds. The molecule has 0 fully saturated rings. The molecule has 0 aliphatic rings. The van der Waals surface area contributed by atoms with Gasteiger partial charge in [0.1, 0.15) is 11.3 Å². The molecular weight excluding hydrogens is 296 g/mol. The minimum atomic E-state index is -0.906. The number of halogens is 3. The van der Waals surface area contributed by atoms with Crippen molar-refractivity contribution in [3.05, 3.63) is 59.2 Å². The molecule has 0 aliphatic carbocycles. The number of imidazole rings is 1. The minimum absolute atomic E-state index is 0.120. The van der Waals surface area contributed by atoms with Gasteiger partial charge in [-0.15, -0.1) is 11.6 Å². The highest BCUT2D eigenvalue weighted by Crippen LogP contribution is 2.23. The molecule has 0 N–H and O–H groups in total. The normalized spacial score (nSPS) is 11.2. The van der Waals surface area contributed by atoms with Crippen molar-refractivity contribution in [3.8, 4) is 0 Å². The summed E-state index contributed by atoms with van der Waals surface area (Å²) in [6.45, 7) is 2.22. The minimum Gasteiger partial charge on any atom is -0.320 e.